The van der Waals surface area contributed by atoms with E-state index in [2.05, 4.69) is 4.18 Å². The van der Waals surface area contributed by atoms with E-state index in [4.69, 9.17) is 0 Å². The van der Waals surface area contributed by atoms with Gasteiger partial charge in [-0.05, 0) is 24.0 Å². The van der Waals surface area contributed by atoms with Crippen LogP contribution in [0.5, 0.6) is 0 Å². The zero-order chi connectivity index (χ0) is 14.7. The molecule has 3 nitrogen and oxygen atoms in total. The first-order chi connectivity index (χ1) is 8.71. The van der Waals surface area contributed by atoms with Gasteiger partial charge in [0.2, 0.25) is 0 Å². The van der Waals surface area contributed by atoms with Gasteiger partial charge < -0.3 is 0 Å². The van der Waals surface area contributed by atoms with E-state index in [0.29, 0.717) is 5.56 Å². The molecule has 0 aliphatic heterocycles. The van der Waals surface area contributed by atoms with Gasteiger partial charge in [-0.2, -0.15) is 21.6 Å². The highest BCUT2D eigenvalue weighted by molar-refractivity contribution is 7.87. The summed E-state index contributed by atoms with van der Waals surface area (Å²) in [6.07, 6.45) is -0.211. The number of halogens is 3. The minimum absolute atomic E-state index is 0.126. The monoisotopic (exact) mass is 296 g/mol. The second-order valence-electron chi connectivity index (χ2n) is 3.99. The van der Waals surface area contributed by atoms with Crippen molar-refractivity contribution in [1.29, 1.82) is 0 Å². The molecule has 7 heteroatoms. The lowest BCUT2D eigenvalue weighted by atomic mass is 10.0. The number of rotatable bonds is 5. The molecule has 0 heterocycles. The Morgan fingerprint density at radius 3 is 2.05 bits per heavy atom. The maximum Gasteiger partial charge on any atom is 0.523 e. The molecule has 1 unspecified atom stereocenters. The second kappa shape index (κ2) is 5.92. The van der Waals surface area contributed by atoms with Crippen molar-refractivity contribution in [3.63, 3.8) is 0 Å². The summed E-state index contributed by atoms with van der Waals surface area (Å²) in [6, 6.07) is 6.64. The smallest absolute Gasteiger partial charge is 0.255 e. The van der Waals surface area contributed by atoms with Crippen LogP contribution in [0.1, 0.15) is 37.5 Å². The maximum atomic E-state index is 12.3. The Bertz CT molecular complexity index is 506. The predicted octanol–water partition coefficient (Wildman–Crippen LogP) is 3.57. The molecule has 19 heavy (non-hydrogen) atoms. The molecule has 108 valence electrons. The van der Waals surface area contributed by atoms with Gasteiger partial charge in [-0.1, -0.05) is 38.1 Å². The average molecular weight is 296 g/mol. The standard InChI is InChI=1S/C12H15F3O3S/c1-3-9-5-7-10(8-6-9)11(4-2)18-19(16,17)12(13,14)15/h5-8,11H,3-4H2,1-2H3. The van der Waals surface area contributed by atoms with Crippen molar-refractivity contribution in [3.05, 3.63) is 35.4 Å². The van der Waals surface area contributed by atoms with E-state index in [1.54, 1.807) is 31.2 Å². The first kappa shape index (κ1) is 16.0. The zero-order valence-electron chi connectivity index (χ0n) is 10.6. The van der Waals surface area contributed by atoms with Crippen LogP contribution in [0.2, 0.25) is 0 Å². The fraction of sp³-hybridized carbons (Fsp3) is 0.500. The Kier molecular flexibility index (Phi) is 4.98. The molecule has 1 aromatic carbocycles. The summed E-state index contributed by atoms with van der Waals surface area (Å²) in [5, 5.41) is 0. The first-order valence-corrected chi connectivity index (χ1v) is 7.20. The van der Waals surface area contributed by atoms with Crippen molar-refractivity contribution < 1.29 is 25.8 Å². The summed E-state index contributed by atoms with van der Waals surface area (Å²) in [6.45, 7) is 3.50. The lowest BCUT2D eigenvalue weighted by molar-refractivity contribution is -0.0576. The Morgan fingerprint density at radius 1 is 1.16 bits per heavy atom. The molecule has 1 aromatic rings. The third-order valence-corrected chi connectivity index (χ3v) is 3.71. The summed E-state index contributed by atoms with van der Waals surface area (Å²) >= 11 is 0. The lowest BCUT2D eigenvalue weighted by Gasteiger charge is -2.17. The maximum absolute atomic E-state index is 12.3. The van der Waals surface area contributed by atoms with Crippen LogP contribution >= 0.6 is 0 Å². The van der Waals surface area contributed by atoms with Crippen LogP contribution in [0, 0.1) is 0 Å². The van der Waals surface area contributed by atoms with E-state index < -0.39 is 21.7 Å². The Labute approximate surface area is 110 Å². The molecule has 0 saturated heterocycles. The van der Waals surface area contributed by atoms with Crippen molar-refractivity contribution in [2.75, 3.05) is 0 Å². The van der Waals surface area contributed by atoms with Crippen LogP contribution in [0.15, 0.2) is 24.3 Å². The molecule has 0 aromatic heterocycles. The molecule has 0 spiro atoms. The van der Waals surface area contributed by atoms with Crippen LogP contribution in [0.3, 0.4) is 0 Å². The summed E-state index contributed by atoms with van der Waals surface area (Å²) in [5.41, 5.74) is -3.98. The topological polar surface area (TPSA) is 43.4 Å². The fourth-order valence-corrected chi connectivity index (χ4v) is 2.20. The highest BCUT2D eigenvalue weighted by Crippen LogP contribution is 2.31. The van der Waals surface area contributed by atoms with Gasteiger partial charge in [-0.15, -0.1) is 0 Å². The van der Waals surface area contributed by atoms with Crippen LogP contribution in [0.25, 0.3) is 0 Å². The third kappa shape index (κ3) is 3.94. The van der Waals surface area contributed by atoms with Gasteiger partial charge in [0.1, 0.15) is 6.10 Å². The number of aryl methyl sites for hydroxylation is 1. The average Bonchev–Trinajstić information content (AvgIpc) is 2.35. The highest BCUT2D eigenvalue weighted by atomic mass is 32.2. The largest absolute Gasteiger partial charge is 0.523 e. The van der Waals surface area contributed by atoms with Gasteiger partial charge >= 0.3 is 15.6 Å². The summed E-state index contributed by atoms with van der Waals surface area (Å²) in [7, 11) is -5.57. The van der Waals surface area contributed by atoms with Crippen molar-refractivity contribution in [1.82, 2.24) is 0 Å². The molecule has 0 aliphatic carbocycles. The van der Waals surface area contributed by atoms with Gasteiger partial charge in [0, 0.05) is 0 Å². The lowest BCUT2D eigenvalue weighted by Crippen LogP contribution is -2.27. The van der Waals surface area contributed by atoms with E-state index in [9.17, 15) is 21.6 Å². The van der Waals surface area contributed by atoms with Gasteiger partial charge in [0.05, 0.1) is 0 Å². The highest BCUT2D eigenvalue weighted by Gasteiger charge is 2.48. The van der Waals surface area contributed by atoms with E-state index in [1.165, 1.54) is 0 Å². The van der Waals surface area contributed by atoms with Crippen molar-refractivity contribution in [2.45, 2.75) is 38.3 Å². The number of benzene rings is 1. The minimum Gasteiger partial charge on any atom is -0.255 e. The molecule has 0 radical (unpaired) electrons. The predicted molar refractivity (Wildman–Crippen MR) is 64.9 cm³/mol. The number of hydrogen-bond acceptors (Lipinski definition) is 3. The molecule has 0 aliphatic rings. The van der Waals surface area contributed by atoms with Crippen molar-refractivity contribution >= 4 is 10.1 Å². The first-order valence-electron chi connectivity index (χ1n) is 5.79. The quantitative estimate of drug-likeness (QED) is 0.616. The molecule has 0 fully saturated rings. The van der Waals surface area contributed by atoms with Gasteiger partial charge in [0.25, 0.3) is 0 Å². The molecule has 1 rings (SSSR count). The molecular weight excluding hydrogens is 281 g/mol. The molecular formula is C12H15F3O3S. The second-order valence-corrected chi connectivity index (χ2v) is 5.55. The van der Waals surface area contributed by atoms with Crippen molar-refractivity contribution in [3.8, 4) is 0 Å². The van der Waals surface area contributed by atoms with Gasteiger partial charge in [-0.3, -0.25) is 4.18 Å². The molecule has 0 bridgehead atoms. The minimum atomic E-state index is -5.57. The third-order valence-electron chi connectivity index (χ3n) is 2.66. The van der Waals surface area contributed by atoms with Crippen molar-refractivity contribution in [2.24, 2.45) is 0 Å². The summed E-state index contributed by atoms with van der Waals surface area (Å²) < 4.78 is 63.0. The van der Waals surface area contributed by atoms with Crippen LogP contribution in [-0.4, -0.2) is 13.9 Å². The van der Waals surface area contributed by atoms with Gasteiger partial charge in [0.15, 0.2) is 0 Å². The van der Waals surface area contributed by atoms with E-state index in [-0.39, 0.29) is 6.42 Å². The van der Waals surface area contributed by atoms with Crippen LogP contribution in [0.4, 0.5) is 13.2 Å². The Morgan fingerprint density at radius 2 is 1.68 bits per heavy atom. The molecule has 0 N–H and O–H groups in total. The zero-order valence-corrected chi connectivity index (χ0v) is 11.4. The van der Waals surface area contributed by atoms with E-state index in [1.807, 2.05) is 6.92 Å². The molecule has 0 amide bonds. The number of hydrogen-bond donors (Lipinski definition) is 0. The van der Waals surface area contributed by atoms with E-state index in [0.717, 1.165) is 12.0 Å². The van der Waals surface area contributed by atoms with Crippen LogP contribution in [-0.2, 0) is 20.7 Å². The molecule has 1 atom stereocenters. The molecule has 0 saturated carbocycles. The summed E-state index contributed by atoms with van der Waals surface area (Å²) in [5.74, 6) is 0. The summed E-state index contributed by atoms with van der Waals surface area (Å²) in [4.78, 5) is 0. The van der Waals surface area contributed by atoms with E-state index >= 15 is 0 Å². The van der Waals surface area contributed by atoms with Crippen LogP contribution < -0.4 is 0 Å². The Hall–Kier alpha value is -1.08. The van der Waals surface area contributed by atoms with Gasteiger partial charge in [-0.25, -0.2) is 0 Å². The SMILES string of the molecule is CCc1ccc(C(CC)OS(=O)(=O)C(F)(F)F)cc1. The number of alkyl halides is 3. The normalized spacial score (nSPS) is 14.4. The Balaban J connectivity index is 2.95. The fourth-order valence-electron chi connectivity index (χ4n) is 1.53.